The van der Waals surface area contributed by atoms with Crippen LogP contribution in [-0.4, -0.2) is 4.92 Å². The zero-order chi connectivity index (χ0) is 17.1. The summed E-state index contributed by atoms with van der Waals surface area (Å²) in [6.07, 6.45) is 0. The summed E-state index contributed by atoms with van der Waals surface area (Å²) in [4.78, 5) is 8.01. The third-order valence-electron chi connectivity index (χ3n) is 3.33. The van der Waals surface area contributed by atoms with E-state index in [1.54, 1.807) is 26.0 Å². The van der Waals surface area contributed by atoms with E-state index in [0.717, 1.165) is 5.56 Å². The molecule has 0 aromatic heterocycles. The molecule has 2 unspecified atom stereocenters. The van der Waals surface area contributed by atoms with Gasteiger partial charge in [0, 0.05) is 12.1 Å². The van der Waals surface area contributed by atoms with Gasteiger partial charge in [0.05, 0.1) is 4.92 Å². The first-order valence-corrected chi connectivity index (χ1v) is 7.60. The molecule has 0 radical (unpaired) electrons. The van der Waals surface area contributed by atoms with Crippen molar-refractivity contribution >= 4 is 28.9 Å². The van der Waals surface area contributed by atoms with E-state index in [1.807, 2.05) is 30.3 Å². The van der Waals surface area contributed by atoms with Crippen LogP contribution in [-0.2, 0) is 10.00 Å². The lowest BCUT2D eigenvalue weighted by Gasteiger charge is -2.20. The lowest BCUT2D eigenvalue weighted by molar-refractivity contribution is -0.384. The predicted molar refractivity (Wildman–Crippen MR) is 90.8 cm³/mol. The molecule has 5 nitrogen and oxygen atoms in total. The van der Waals surface area contributed by atoms with Crippen LogP contribution in [0.15, 0.2) is 64.8 Å². The molecular formula is C16H15Cl2N3O2. The van der Waals surface area contributed by atoms with Gasteiger partial charge >= 0.3 is 0 Å². The van der Waals surface area contributed by atoms with Gasteiger partial charge in [0.2, 0.25) is 0 Å². The predicted octanol–water partition coefficient (Wildman–Crippen LogP) is 5.57. The number of hydrogen-bond donors (Lipinski definition) is 0. The fraction of sp³-hybridized carbons (Fsp3) is 0.250. The Balaban J connectivity index is 2.24. The molecule has 0 aliphatic rings. The van der Waals surface area contributed by atoms with E-state index >= 15 is 0 Å². The van der Waals surface area contributed by atoms with Gasteiger partial charge in [-0.25, -0.2) is 0 Å². The number of nitro benzene ring substituents is 1. The van der Waals surface area contributed by atoms with Crippen LogP contribution in [0.1, 0.15) is 25.0 Å². The van der Waals surface area contributed by atoms with E-state index < -0.39 is 14.9 Å². The summed E-state index contributed by atoms with van der Waals surface area (Å²) in [5.74, 6) is 0. The fourth-order valence-corrected chi connectivity index (χ4v) is 2.26. The highest BCUT2D eigenvalue weighted by molar-refractivity contribution is 6.24. The quantitative estimate of drug-likeness (QED) is 0.232. The van der Waals surface area contributed by atoms with Gasteiger partial charge < -0.3 is 0 Å². The Labute approximate surface area is 144 Å². The smallest absolute Gasteiger partial charge is 0.258 e. The van der Waals surface area contributed by atoms with E-state index in [9.17, 15) is 10.1 Å². The molecule has 2 atom stereocenters. The Hall–Kier alpha value is -1.98. The average molecular weight is 352 g/mol. The van der Waals surface area contributed by atoms with Crippen molar-refractivity contribution in [1.82, 2.24) is 0 Å². The second-order valence-corrected chi connectivity index (χ2v) is 6.75. The van der Waals surface area contributed by atoms with Crippen LogP contribution in [0.5, 0.6) is 0 Å². The summed E-state index contributed by atoms with van der Waals surface area (Å²) >= 11 is 12.8. The van der Waals surface area contributed by atoms with Crippen molar-refractivity contribution in [3.05, 3.63) is 75.8 Å². The van der Waals surface area contributed by atoms with Crippen molar-refractivity contribution in [2.45, 2.75) is 23.8 Å². The number of hydrogen-bond acceptors (Lipinski definition) is 4. The number of benzene rings is 2. The maximum Gasteiger partial charge on any atom is 0.269 e. The van der Waals surface area contributed by atoms with Crippen LogP contribution in [0.3, 0.4) is 0 Å². The summed E-state index contributed by atoms with van der Waals surface area (Å²) in [6, 6.07) is 15.2. The van der Waals surface area contributed by atoms with E-state index in [1.165, 1.54) is 12.1 Å². The van der Waals surface area contributed by atoms with Gasteiger partial charge in [-0.2, -0.15) is 10.2 Å². The number of rotatable bonds is 5. The Morgan fingerprint density at radius 3 is 1.74 bits per heavy atom. The molecule has 0 fully saturated rings. The molecular weight excluding hydrogens is 337 g/mol. The van der Waals surface area contributed by atoms with Crippen LogP contribution in [0.2, 0.25) is 0 Å². The van der Waals surface area contributed by atoms with Gasteiger partial charge in [-0.15, -0.1) is 0 Å². The first-order valence-electron chi connectivity index (χ1n) is 6.85. The minimum absolute atomic E-state index is 0.00961. The van der Waals surface area contributed by atoms with Crippen LogP contribution in [0, 0.1) is 10.1 Å². The average Bonchev–Trinajstić information content (AvgIpc) is 2.54. The second-order valence-electron chi connectivity index (χ2n) is 5.28. The molecule has 0 amide bonds. The summed E-state index contributed by atoms with van der Waals surface area (Å²) in [5.41, 5.74) is 1.38. The van der Waals surface area contributed by atoms with Gasteiger partial charge in [0.15, 0.2) is 10.00 Å². The number of nitro groups is 1. The normalized spacial score (nSPS) is 16.7. The van der Waals surface area contributed by atoms with Gasteiger partial charge in [-0.3, -0.25) is 10.1 Å². The maximum absolute atomic E-state index is 10.7. The molecule has 2 aromatic rings. The highest BCUT2D eigenvalue weighted by Crippen LogP contribution is 2.36. The highest BCUT2D eigenvalue weighted by atomic mass is 35.5. The van der Waals surface area contributed by atoms with Crippen molar-refractivity contribution in [1.29, 1.82) is 0 Å². The van der Waals surface area contributed by atoms with Gasteiger partial charge in [-0.1, -0.05) is 53.5 Å². The molecule has 7 heteroatoms. The summed E-state index contributed by atoms with van der Waals surface area (Å²) < 4.78 is 0. The van der Waals surface area contributed by atoms with Crippen molar-refractivity contribution in [2.24, 2.45) is 10.2 Å². The molecule has 0 N–H and O–H groups in total. The highest BCUT2D eigenvalue weighted by Gasteiger charge is 2.28. The minimum atomic E-state index is -1.17. The van der Waals surface area contributed by atoms with Crippen LogP contribution in [0.25, 0.3) is 0 Å². The molecule has 0 saturated heterocycles. The third-order valence-corrected chi connectivity index (χ3v) is 3.92. The van der Waals surface area contributed by atoms with Crippen molar-refractivity contribution in [3.63, 3.8) is 0 Å². The SMILES string of the molecule is CC(Cl)(/N=N/C(C)(Cl)c1ccc([N+](=O)[O-])cc1)c1ccccc1. The molecule has 0 saturated carbocycles. The van der Waals surface area contributed by atoms with Crippen LogP contribution >= 0.6 is 23.2 Å². The van der Waals surface area contributed by atoms with E-state index in [2.05, 4.69) is 10.2 Å². The molecule has 0 aliphatic heterocycles. The van der Waals surface area contributed by atoms with Gasteiger partial charge in [0.25, 0.3) is 5.69 Å². The monoisotopic (exact) mass is 351 g/mol. The summed E-state index contributed by atoms with van der Waals surface area (Å²) in [7, 11) is 0. The maximum atomic E-state index is 10.7. The lowest BCUT2D eigenvalue weighted by Crippen LogP contribution is -2.14. The zero-order valence-electron chi connectivity index (χ0n) is 12.6. The number of alkyl halides is 2. The third kappa shape index (κ3) is 4.27. The Bertz CT molecular complexity index is 714. The molecule has 23 heavy (non-hydrogen) atoms. The number of nitrogens with zero attached hydrogens (tertiary/aromatic N) is 3. The molecule has 120 valence electrons. The Morgan fingerprint density at radius 1 is 0.870 bits per heavy atom. The van der Waals surface area contributed by atoms with Crippen molar-refractivity contribution in [2.75, 3.05) is 0 Å². The molecule has 2 rings (SSSR count). The Morgan fingerprint density at radius 2 is 1.30 bits per heavy atom. The summed E-state index contributed by atoms with van der Waals surface area (Å²) in [5, 5.41) is 19.0. The van der Waals surface area contributed by atoms with E-state index in [0.29, 0.717) is 5.56 Å². The molecule has 0 aliphatic carbocycles. The molecule has 0 heterocycles. The zero-order valence-corrected chi connectivity index (χ0v) is 14.1. The van der Waals surface area contributed by atoms with Crippen molar-refractivity contribution < 1.29 is 4.92 Å². The first-order chi connectivity index (χ1) is 10.7. The van der Waals surface area contributed by atoms with E-state index in [-0.39, 0.29) is 5.69 Å². The fourth-order valence-electron chi connectivity index (χ4n) is 1.93. The molecule has 0 spiro atoms. The van der Waals surface area contributed by atoms with Crippen LogP contribution in [0.4, 0.5) is 5.69 Å². The van der Waals surface area contributed by atoms with Crippen LogP contribution < -0.4 is 0 Å². The standard InChI is InChI=1S/C16H15Cl2N3O2/c1-15(17,12-6-4-3-5-7-12)19-20-16(2,18)13-8-10-14(11-9-13)21(22)23/h3-11H,1-2H3/b20-19+. The first kappa shape index (κ1) is 17.4. The minimum Gasteiger partial charge on any atom is -0.258 e. The van der Waals surface area contributed by atoms with Gasteiger partial charge in [0.1, 0.15) is 0 Å². The van der Waals surface area contributed by atoms with Gasteiger partial charge in [-0.05, 0) is 37.1 Å². The number of non-ortho nitro benzene ring substituents is 1. The largest absolute Gasteiger partial charge is 0.269 e. The lowest BCUT2D eigenvalue weighted by atomic mass is 10.1. The number of halogens is 2. The van der Waals surface area contributed by atoms with E-state index in [4.69, 9.17) is 23.2 Å². The molecule has 2 aromatic carbocycles. The number of azo groups is 1. The molecule has 0 bridgehead atoms. The van der Waals surface area contributed by atoms with Crippen molar-refractivity contribution in [3.8, 4) is 0 Å². The summed E-state index contributed by atoms with van der Waals surface area (Å²) in [6.45, 7) is 3.37. The Kier molecular flexibility index (Phi) is 5.02. The topological polar surface area (TPSA) is 67.9 Å². The second kappa shape index (κ2) is 6.64.